The highest BCUT2D eigenvalue weighted by Crippen LogP contribution is 2.23. The largest absolute Gasteiger partial charge is 0.313 e. The van der Waals surface area contributed by atoms with E-state index < -0.39 is 10.0 Å². The third-order valence-electron chi connectivity index (χ3n) is 3.16. The number of nitrogens with one attached hydrogen (secondary N) is 1. The fourth-order valence-corrected chi connectivity index (χ4v) is 3.29. The molecule has 1 N–H and O–H groups in total. The van der Waals surface area contributed by atoms with E-state index in [4.69, 9.17) is 11.6 Å². The predicted octanol–water partition coefficient (Wildman–Crippen LogP) is 2.87. The standard InChI is InChI=1S/C14H23ClN2O2S/c1-5-8-16-10-12-9-13(6-7-14(12)15)20(18,19)17(4)11(2)3/h6-7,9,11,16H,5,8,10H2,1-4H3. The van der Waals surface area contributed by atoms with Crippen molar-refractivity contribution in [3.8, 4) is 0 Å². The van der Waals surface area contributed by atoms with Crippen LogP contribution in [0.2, 0.25) is 5.02 Å². The topological polar surface area (TPSA) is 49.4 Å². The molecule has 0 bridgehead atoms. The van der Waals surface area contributed by atoms with Gasteiger partial charge in [-0.2, -0.15) is 4.31 Å². The van der Waals surface area contributed by atoms with E-state index in [9.17, 15) is 8.42 Å². The molecule has 1 rings (SSSR count). The first-order valence-electron chi connectivity index (χ1n) is 6.77. The van der Waals surface area contributed by atoms with Crippen molar-refractivity contribution in [2.75, 3.05) is 13.6 Å². The van der Waals surface area contributed by atoms with E-state index >= 15 is 0 Å². The smallest absolute Gasteiger partial charge is 0.243 e. The summed E-state index contributed by atoms with van der Waals surface area (Å²) in [5.74, 6) is 0. The third kappa shape index (κ3) is 4.19. The highest BCUT2D eigenvalue weighted by atomic mass is 35.5. The van der Waals surface area contributed by atoms with E-state index in [1.165, 1.54) is 4.31 Å². The van der Waals surface area contributed by atoms with Crippen LogP contribution in [0.4, 0.5) is 0 Å². The lowest BCUT2D eigenvalue weighted by molar-refractivity contribution is 0.410. The van der Waals surface area contributed by atoms with Gasteiger partial charge in [0.2, 0.25) is 10.0 Å². The van der Waals surface area contributed by atoms with Crippen LogP contribution in [0.15, 0.2) is 23.1 Å². The first-order valence-corrected chi connectivity index (χ1v) is 8.59. The van der Waals surface area contributed by atoms with Crippen LogP contribution in [0.5, 0.6) is 0 Å². The van der Waals surface area contributed by atoms with Gasteiger partial charge >= 0.3 is 0 Å². The van der Waals surface area contributed by atoms with Crippen molar-refractivity contribution in [1.82, 2.24) is 9.62 Å². The van der Waals surface area contributed by atoms with E-state index in [-0.39, 0.29) is 10.9 Å². The van der Waals surface area contributed by atoms with Crippen molar-refractivity contribution in [1.29, 1.82) is 0 Å². The molecule has 0 saturated carbocycles. The van der Waals surface area contributed by atoms with Crippen molar-refractivity contribution >= 4 is 21.6 Å². The molecule has 0 aromatic heterocycles. The molecule has 0 spiro atoms. The van der Waals surface area contributed by atoms with Crippen LogP contribution in [0.25, 0.3) is 0 Å². The van der Waals surface area contributed by atoms with E-state index in [0.29, 0.717) is 11.6 Å². The van der Waals surface area contributed by atoms with Gasteiger partial charge < -0.3 is 5.32 Å². The van der Waals surface area contributed by atoms with Crippen LogP contribution >= 0.6 is 11.6 Å². The summed E-state index contributed by atoms with van der Waals surface area (Å²) in [7, 11) is -1.87. The maximum absolute atomic E-state index is 12.4. The van der Waals surface area contributed by atoms with Crippen LogP contribution < -0.4 is 5.32 Å². The van der Waals surface area contributed by atoms with Gasteiger partial charge in [-0.05, 0) is 50.6 Å². The molecule has 0 unspecified atom stereocenters. The lowest BCUT2D eigenvalue weighted by Gasteiger charge is -2.21. The zero-order chi connectivity index (χ0) is 15.3. The summed E-state index contributed by atoms with van der Waals surface area (Å²) in [5, 5.41) is 3.81. The number of nitrogens with zero attached hydrogens (tertiary/aromatic N) is 1. The summed E-state index contributed by atoms with van der Waals surface area (Å²) in [4.78, 5) is 0.284. The molecule has 0 aliphatic heterocycles. The Morgan fingerprint density at radius 3 is 2.55 bits per heavy atom. The number of hydrogen-bond acceptors (Lipinski definition) is 3. The second kappa shape index (κ2) is 7.41. The first kappa shape index (κ1) is 17.4. The maximum atomic E-state index is 12.4. The molecule has 4 nitrogen and oxygen atoms in total. The third-order valence-corrected chi connectivity index (χ3v) is 5.56. The van der Waals surface area contributed by atoms with Crippen molar-refractivity contribution in [3.63, 3.8) is 0 Å². The average molecular weight is 319 g/mol. The molecule has 0 atom stereocenters. The highest BCUT2D eigenvalue weighted by Gasteiger charge is 2.23. The van der Waals surface area contributed by atoms with Crippen molar-refractivity contribution < 1.29 is 8.42 Å². The zero-order valence-electron chi connectivity index (χ0n) is 12.5. The normalized spacial score (nSPS) is 12.3. The highest BCUT2D eigenvalue weighted by molar-refractivity contribution is 7.89. The van der Waals surface area contributed by atoms with E-state index in [2.05, 4.69) is 12.2 Å². The Kier molecular flexibility index (Phi) is 6.45. The van der Waals surface area contributed by atoms with Crippen molar-refractivity contribution in [3.05, 3.63) is 28.8 Å². The lowest BCUT2D eigenvalue weighted by atomic mass is 10.2. The van der Waals surface area contributed by atoms with E-state index in [1.54, 1.807) is 25.2 Å². The fourth-order valence-electron chi connectivity index (χ4n) is 1.69. The summed E-state index contributed by atoms with van der Waals surface area (Å²) in [5.41, 5.74) is 0.804. The van der Waals surface area contributed by atoms with Crippen molar-refractivity contribution in [2.24, 2.45) is 0 Å². The van der Waals surface area contributed by atoms with Crippen LogP contribution in [0.1, 0.15) is 32.8 Å². The average Bonchev–Trinajstić information content (AvgIpc) is 2.39. The summed E-state index contributed by atoms with van der Waals surface area (Å²) in [6.07, 6.45) is 1.02. The quantitative estimate of drug-likeness (QED) is 0.786. The molecule has 114 valence electrons. The minimum absolute atomic E-state index is 0.0858. The van der Waals surface area contributed by atoms with Gasteiger partial charge in [-0.3, -0.25) is 0 Å². The monoisotopic (exact) mass is 318 g/mol. The van der Waals surface area contributed by atoms with Gasteiger partial charge in [0.05, 0.1) is 4.90 Å². The van der Waals surface area contributed by atoms with E-state index in [0.717, 1.165) is 18.5 Å². The van der Waals surface area contributed by atoms with Crippen LogP contribution in [-0.4, -0.2) is 32.4 Å². The number of benzene rings is 1. The van der Waals surface area contributed by atoms with Gasteiger partial charge in [-0.25, -0.2) is 8.42 Å². The second-order valence-electron chi connectivity index (χ2n) is 5.04. The molecule has 0 radical (unpaired) electrons. The van der Waals surface area contributed by atoms with E-state index in [1.807, 2.05) is 13.8 Å². The van der Waals surface area contributed by atoms with Crippen LogP contribution in [0.3, 0.4) is 0 Å². The van der Waals surface area contributed by atoms with Gasteiger partial charge in [0, 0.05) is 24.7 Å². The van der Waals surface area contributed by atoms with Gasteiger partial charge in [-0.1, -0.05) is 18.5 Å². The molecular weight excluding hydrogens is 296 g/mol. The SMILES string of the molecule is CCCNCc1cc(S(=O)(=O)N(C)C(C)C)ccc1Cl. The van der Waals surface area contributed by atoms with Crippen molar-refractivity contribution in [2.45, 2.75) is 44.7 Å². The fraction of sp³-hybridized carbons (Fsp3) is 0.571. The Bertz CT molecular complexity index is 544. The lowest BCUT2D eigenvalue weighted by Crippen LogP contribution is -2.33. The predicted molar refractivity (Wildman–Crippen MR) is 83.5 cm³/mol. The van der Waals surface area contributed by atoms with Crippen LogP contribution in [-0.2, 0) is 16.6 Å². The maximum Gasteiger partial charge on any atom is 0.243 e. The molecule has 6 heteroatoms. The second-order valence-corrected chi connectivity index (χ2v) is 7.45. The molecule has 1 aromatic rings. The molecule has 0 heterocycles. The van der Waals surface area contributed by atoms with Gasteiger partial charge in [-0.15, -0.1) is 0 Å². The molecule has 20 heavy (non-hydrogen) atoms. The summed E-state index contributed by atoms with van der Waals surface area (Å²) in [6, 6.07) is 4.77. The molecular formula is C14H23ClN2O2S. The zero-order valence-corrected chi connectivity index (χ0v) is 14.1. The Morgan fingerprint density at radius 2 is 2.00 bits per heavy atom. The minimum atomic E-state index is -3.46. The van der Waals surface area contributed by atoms with Gasteiger partial charge in [0.1, 0.15) is 0 Å². The summed E-state index contributed by atoms with van der Waals surface area (Å²) >= 11 is 6.12. The van der Waals surface area contributed by atoms with Crippen LogP contribution in [0, 0.1) is 0 Å². The number of hydrogen-bond donors (Lipinski definition) is 1. The Balaban J connectivity index is 3.05. The van der Waals surface area contributed by atoms with Gasteiger partial charge in [0.15, 0.2) is 0 Å². The number of rotatable bonds is 7. The first-order chi connectivity index (χ1) is 9.30. The molecule has 0 amide bonds. The van der Waals surface area contributed by atoms with Gasteiger partial charge in [0.25, 0.3) is 0 Å². The molecule has 0 fully saturated rings. The Morgan fingerprint density at radius 1 is 1.35 bits per heavy atom. The molecule has 0 aliphatic rings. The number of halogens is 1. The Labute approximate surface area is 127 Å². The molecule has 0 saturated heterocycles. The number of sulfonamides is 1. The minimum Gasteiger partial charge on any atom is -0.313 e. The summed E-state index contributed by atoms with van der Waals surface area (Å²) < 4.78 is 26.2. The molecule has 0 aliphatic carbocycles. The summed E-state index contributed by atoms with van der Waals surface area (Å²) in [6.45, 7) is 7.21. The Hall–Kier alpha value is -0.620. The molecule has 1 aromatic carbocycles.